The minimum Gasteiger partial charge on any atom is -0.456 e. The van der Waals surface area contributed by atoms with Crippen molar-refractivity contribution in [3.05, 3.63) is 400 Å². The second kappa shape index (κ2) is 26.0. The third kappa shape index (κ3) is 10.0. The zero-order valence-electron chi connectivity index (χ0n) is 63.7. The summed E-state index contributed by atoms with van der Waals surface area (Å²) >= 11 is 0. The molecule has 4 nitrogen and oxygen atoms in total. The molecule has 0 saturated heterocycles. The molecule has 0 spiro atoms. The second-order valence-corrected chi connectivity index (χ2v) is 31.4. The summed E-state index contributed by atoms with van der Waals surface area (Å²) in [5.41, 5.74) is 26.0. The van der Waals surface area contributed by atoms with Crippen LogP contribution in [0.3, 0.4) is 0 Å². The summed E-state index contributed by atoms with van der Waals surface area (Å²) in [5.74, 6) is 7.13. The van der Waals surface area contributed by atoms with Crippen LogP contribution in [0.15, 0.2) is 400 Å². The number of hydrogen-bond acceptors (Lipinski definition) is 4. The SMILES string of the molecule is c1ccc(-c2ccc3c(-c4ccc5c6c(cccc46)Oc4ccccc4-5)c4cc(-c5ccccc5)ccc4c(-c4ccc5c6c(cccc46)Oc4ccccc4-5)c3c2)cc1.c1ccc2c(c1)Oc1cccc3c(-c4c5ccccc5c(-c5ccc6c7c(cccc57)Oc5ccccc5-6)c5cc(-c6ccc7ccccc7c6)ccc45)ccc-2c13. The molecule has 4 aliphatic rings. The summed E-state index contributed by atoms with van der Waals surface area (Å²) in [4.78, 5) is 0. The Morgan fingerprint density at radius 1 is 0.119 bits per heavy atom. The minimum absolute atomic E-state index is 0.886. The molecule has 26 rings (SSSR count). The van der Waals surface area contributed by atoms with Crippen LogP contribution in [0.2, 0.25) is 0 Å². The van der Waals surface area contributed by atoms with E-state index in [0.717, 1.165) is 89.8 Å². The van der Waals surface area contributed by atoms with Crippen molar-refractivity contribution in [1.82, 2.24) is 0 Å². The van der Waals surface area contributed by atoms with E-state index in [0.29, 0.717) is 0 Å². The van der Waals surface area contributed by atoms with Crippen LogP contribution in [0.25, 0.3) is 219 Å². The van der Waals surface area contributed by atoms with Gasteiger partial charge in [0.2, 0.25) is 0 Å². The highest BCUT2D eigenvalue weighted by molar-refractivity contribution is 6.30. The van der Waals surface area contributed by atoms with Gasteiger partial charge in [0.1, 0.15) is 46.0 Å². The van der Waals surface area contributed by atoms with Gasteiger partial charge in [-0.15, -0.1) is 0 Å². The monoisotopic (exact) mass is 1500 g/mol. The zero-order chi connectivity index (χ0) is 77.2. The van der Waals surface area contributed by atoms with Crippen LogP contribution < -0.4 is 18.9 Å². The smallest absolute Gasteiger partial charge is 0.135 e. The maximum atomic E-state index is 6.62. The molecule has 0 saturated carbocycles. The molecular weight excluding hydrogens is 1430 g/mol. The summed E-state index contributed by atoms with van der Waals surface area (Å²) in [6.45, 7) is 0. The van der Waals surface area contributed by atoms with E-state index in [1.165, 1.54) is 176 Å². The quantitative estimate of drug-likeness (QED) is 0.149. The van der Waals surface area contributed by atoms with E-state index in [4.69, 9.17) is 18.9 Å². The van der Waals surface area contributed by atoms with Crippen molar-refractivity contribution in [2.75, 3.05) is 0 Å². The van der Waals surface area contributed by atoms with E-state index in [1.54, 1.807) is 0 Å². The van der Waals surface area contributed by atoms with Crippen molar-refractivity contribution in [2.45, 2.75) is 0 Å². The predicted octanol–water partition coefficient (Wildman–Crippen LogP) is 32.5. The Kier molecular flexibility index (Phi) is 14.5. The maximum absolute atomic E-state index is 6.62. The molecule has 0 N–H and O–H groups in total. The van der Waals surface area contributed by atoms with Gasteiger partial charge in [0.05, 0.1) is 0 Å². The van der Waals surface area contributed by atoms with E-state index in [2.05, 4.69) is 376 Å². The molecule has 22 aromatic carbocycles. The molecule has 118 heavy (non-hydrogen) atoms. The highest BCUT2D eigenvalue weighted by Crippen LogP contribution is 2.58. The van der Waals surface area contributed by atoms with E-state index in [-0.39, 0.29) is 0 Å². The lowest BCUT2D eigenvalue weighted by Crippen LogP contribution is -1.99. The van der Waals surface area contributed by atoms with Gasteiger partial charge in [-0.2, -0.15) is 0 Å². The van der Waals surface area contributed by atoms with Crippen LogP contribution in [0, 0.1) is 0 Å². The Morgan fingerprint density at radius 3 is 0.720 bits per heavy atom. The van der Waals surface area contributed by atoms with Crippen molar-refractivity contribution < 1.29 is 18.9 Å². The Hall–Kier alpha value is -15.6. The van der Waals surface area contributed by atoms with E-state index in [9.17, 15) is 0 Å². The molecule has 0 atom stereocenters. The van der Waals surface area contributed by atoms with E-state index in [1.807, 2.05) is 24.3 Å². The van der Waals surface area contributed by atoms with Gasteiger partial charge in [-0.25, -0.2) is 0 Å². The van der Waals surface area contributed by atoms with Gasteiger partial charge in [-0.05, 0) is 248 Å². The highest BCUT2D eigenvalue weighted by atomic mass is 16.5. The van der Waals surface area contributed by atoms with Gasteiger partial charge in [-0.1, -0.05) is 328 Å². The van der Waals surface area contributed by atoms with Crippen molar-refractivity contribution in [1.29, 1.82) is 0 Å². The molecule has 4 heteroatoms. The third-order valence-corrected chi connectivity index (χ3v) is 25.1. The number of fused-ring (bicyclic) bond motifs is 13. The Bertz CT molecular complexity index is 7880. The molecule has 22 aromatic rings. The number of benzene rings is 22. The zero-order valence-corrected chi connectivity index (χ0v) is 63.7. The number of rotatable bonds is 7. The number of ether oxygens (including phenoxy) is 4. The van der Waals surface area contributed by atoms with Crippen molar-refractivity contribution >= 4 is 97.0 Å². The lowest BCUT2D eigenvalue weighted by atomic mass is 9.80. The molecule has 0 fully saturated rings. The molecule has 0 radical (unpaired) electrons. The normalized spacial score (nSPS) is 12.3. The van der Waals surface area contributed by atoms with Crippen molar-refractivity contribution in [3.8, 4) is 168 Å². The van der Waals surface area contributed by atoms with Crippen LogP contribution in [0.4, 0.5) is 0 Å². The first-order valence-electron chi connectivity index (χ1n) is 40.5. The molecule has 4 aliphatic heterocycles. The molecule has 0 unspecified atom stereocenters. The fraction of sp³-hybridized carbons (Fsp3) is 0. The summed E-state index contributed by atoms with van der Waals surface area (Å²) in [6.07, 6.45) is 0. The fourth-order valence-electron chi connectivity index (χ4n) is 19.9. The lowest BCUT2D eigenvalue weighted by Gasteiger charge is -2.25. The first-order valence-corrected chi connectivity index (χ1v) is 40.5. The minimum atomic E-state index is 0.886. The lowest BCUT2D eigenvalue weighted by molar-refractivity contribution is 0.487. The molecule has 4 heterocycles. The summed E-state index contributed by atoms with van der Waals surface area (Å²) in [7, 11) is 0. The average Bonchev–Trinajstić information content (AvgIpc) is 0.710. The second-order valence-electron chi connectivity index (χ2n) is 31.4. The van der Waals surface area contributed by atoms with Gasteiger partial charge < -0.3 is 18.9 Å². The number of hydrogen-bond donors (Lipinski definition) is 0. The van der Waals surface area contributed by atoms with Crippen LogP contribution in [-0.2, 0) is 0 Å². The number of para-hydroxylation sites is 4. The van der Waals surface area contributed by atoms with Gasteiger partial charge in [0.15, 0.2) is 0 Å². The first-order chi connectivity index (χ1) is 58.5. The molecule has 0 amide bonds. The van der Waals surface area contributed by atoms with Gasteiger partial charge in [0.25, 0.3) is 0 Å². The topological polar surface area (TPSA) is 36.9 Å². The Morgan fingerprint density at radius 2 is 0.364 bits per heavy atom. The van der Waals surface area contributed by atoms with Gasteiger partial charge in [-0.3, -0.25) is 0 Å². The standard InChI is InChI=1S/C58H34O2.C56H32O2/c1-3-13-35(14-4-1)37-25-27-47-49(33-37)55(45-31-29-43-39-17-7-9-21-51(39)59-53-23-11-19-41(45)57(43)53)48-28-26-38(36-15-5-2-6-16-36)34-50(48)56(47)46-32-30-44-40-18-8-10-22-52(40)60-54-24-12-20-42(46)58(44)54;1-2-12-34-31-35(24-23-33(34)11-1)36-25-26-47-48(32-36)54(46-30-28-44-38-14-6-8-20-50(38)58-52-22-10-18-42(46)56(44)52)40-16-4-3-15-39(40)53(47)45-29-27-43-37-13-5-7-19-49(37)57-51-21-9-17-41(45)55(43)51/h1-34H;1-32H. The van der Waals surface area contributed by atoms with Gasteiger partial charge >= 0.3 is 0 Å². The average molecular weight is 1500 g/mol. The third-order valence-electron chi connectivity index (χ3n) is 25.1. The largest absolute Gasteiger partial charge is 0.456 e. The van der Waals surface area contributed by atoms with Gasteiger partial charge in [0, 0.05) is 43.8 Å². The van der Waals surface area contributed by atoms with E-state index < -0.39 is 0 Å². The first kappa shape index (κ1) is 65.9. The van der Waals surface area contributed by atoms with Crippen molar-refractivity contribution in [2.24, 2.45) is 0 Å². The molecule has 0 bridgehead atoms. The summed E-state index contributed by atoms with van der Waals surface area (Å²) in [5, 5.41) is 21.4. The predicted molar refractivity (Wildman–Crippen MR) is 491 cm³/mol. The van der Waals surface area contributed by atoms with Crippen LogP contribution in [0.1, 0.15) is 0 Å². The maximum Gasteiger partial charge on any atom is 0.135 e. The van der Waals surface area contributed by atoms with Crippen LogP contribution >= 0.6 is 0 Å². The Labute approximate surface area is 680 Å². The van der Waals surface area contributed by atoms with Crippen LogP contribution in [0.5, 0.6) is 46.0 Å². The molecule has 0 aromatic heterocycles. The fourth-order valence-corrected chi connectivity index (χ4v) is 19.9. The molecule has 0 aliphatic carbocycles. The summed E-state index contributed by atoms with van der Waals surface area (Å²) < 4.78 is 26.4. The van der Waals surface area contributed by atoms with Crippen LogP contribution in [-0.4, -0.2) is 0 Å². The summed E-state index contributed by atoms with van der Waals surface area (Å²) in [6, 6.07) is 145. The highest BCUT2D eigenvalue weighted by Gasteiger charge is 2.31. The Balaban J connectivity index is 0.000000132. The van der Waals surface area contributed by atoms with E-state index >= 15 is 0 Å². The molecular formula is C114H66O4. The van der Waals surface area contributed by atoms with Crippen molar-refractivity contribution in [3.63, 3.8) is 0 Å². The molecule has 546 valence electrons.